The average molecular weight is 208 g/mol. The smallest absolute Gasteiger partial charge is 0.338 e. The van der Waals surface area contributed by atoms with Gasteiger partial charge in [-0.1, -0.05) is 25.1 Å². The zero-order valence-corrected chi connectivity index (χ0v) is 8.85. The molecule has 3 nitrogen and oxygen atoms in total. The van der Waals surface area contributed by atoms with Crippen molar-refractivity contribution in [1.82, 2.24) is 0 Å². The zero-order chi connectivity index (χ0) is 11.1. The molecule has 1 N–H and O–H groups in total. The molecular weight excluding hydrogens is 192 g/mol. The fourth-order valence-corrected chi connectivity index (χ4v) is 1.18. The number of aliphatic hydroxyl groups excluding tert-OH is 1. The molecule has 0 heterocycles. The Bertz CT molecular complexity index is 295. The van der Waals surface area contributed by atoms with Gasteiger partial charge in [-0.2, -0.15) is 0 Å². The van der Waals surface area contributed by atoms with Gasteiger partial charge in [0, 0.05) is 6.61 Å². The van der Waals surface area contributed by atoms with Crippen LogP contribution in [0, 0.1) is 5.92 Å². The highest BCUT2D eigenvalue weighted by Crippen LogP contribution is 2.05. The van der Waals surface area contributed by atoms with Crippen molar-refractivity contribution in [2.45, 2.75) is 13.3 Å². The monoisotopic (exact) mass is 208 g/mol. The van der Waals surface area contributed by atoms with Crippen molar-refractivity contribution in [2.24, 2.45) is 5.92 Å². The molecule has 0 amide bonds. The van der Waals surface area contributed by atoms with Gasteiger partial charge in [0.15, 0.2) is 0 Å². The van der Waals surface area contributed by atoms with Crippen LogP contribution in [0.1, 0.15) is 23.7 Å². The van der Waals surface area contributed by atoms with Crippen molar-refractivity contribution in [3.63, 3.8) is 0 Å². The minimum absolute atomic E-state index is 0.129. The second-order valence-corrected chi connectivity index (χ2v) is 3.58. The lowest BCUT2D eigenvalue weighted by Crippen LogP contribution is -2.13. The Hall–Kier alpha value is -1.35. The van der Waals surface area contributed by atoms with Crippen molar-refractivity contribution in [3.8, 4) is 0 Å². The van der Waals surface area contributed by atoms with E-state index in [0.29, 0.717) is 18.6 Å². The second-order valence-electron chi connectivity index (χ2n) is 3.58. The van der Waals surface area contributed by atoms with Gasteiger partial charge in [-0.3, -0.25) is 0 Å². The number of aliphatic hydroxyl groups is 1. The number of carbonyl (C=O) groups excluding carboxylic acids is 1. The third kappa shape index (κ3) is 4.13. The first-order chi connectivity index (χ1) is 7.24. The molecule has 0 aliphatic rings. The van der Waals surface area contributed by atoms with Crippen molar-refractivity contribution >= 4 is 5.97 Å². The highest BCUT2D eigenvalue weighted by Gasteiger charge is 2.08. The maximum atomic E-state index is 11.5. The maximum absolute atomic E-state index is 11.5. The van der Waals surface area contributed by atoms with Crippen LogP contribution in [0.2, 0.25) is 0 Å². The van der Waals surface area contributed by atoms with E-state index in [0.717, 1.165) is 0 Å². The van der Waals surface area contributed by atoms with Crippen molar-refractivity contribution in [1.29, 1.82) is 0 Å². The number of esters is 1. The quantitative estimate of drug-likeness (QED) is 0.751. The lowest BCUT2D eigenvalue weighted by Gasteiger charge is -2.10. The molecule has 0 radical (unpaired) electrons. The van der Waals surface area contributed by atoms with Crippen molar-refractivity contribution < 1.29 is 14.6 Å². The number of hydrogen-bond donors (Lipinski definition) is 1. The summed E-state index contributed by atoms with van der Waals surface area (Å²) in [6.45, 7) is 2.42. The fraction of sp³-hybridized carbons (Fsp3) is 0.417. The Labute approximate surface area is 89.7 Å². The Kier molecular flexibility index (Phi) is 4.84. The van der Waals surface area contributed by atoms with Gasteiger partial charge in [0.25, 0.3) is 0 Å². The molecule has 0 aliphatic heterocycles. The minimum atomic E-state index is -0.305. The van der Waals surface area contributed by atoms with Gasteiger partial charge in [-0.15, -0.1) is 0 Å². The largest absolute Gasteiger partial charge is 0.462 e. The molecule has 1 aromatic carbocycles. The molecular formula is C12H16O3. The van der Waals surface area contributed by atoms with E-state index >= 15 is 0 Å². The zero-order valence-electron chi connectivity index (χ0n) is 8.85. The summed E-state index contributed by atoms with van der Waals surface area (Å²) in [5.74, 6) is -0.108. The minimum Gasteiger partial charge on any atom is -0.462 e. The summed E-state index contributed by atoms with van der Waals surface area (Å²) in [7, 11) is 0. The Morgan fingerprint density at radius 3 is 2.67 bits per heavy atom. The summed E-state index contributed by atoms with van der Waals surface area (Å²) in [5, 5.41) is 8.68. The normalized spacial score (nSPS) is 12.1. The van der Waals surface area contributed by atoms with Crippen LogP contribution in [0.3, 0.4) is 0 Å². The lowest BCUT2D eigenvalue weighted by atomic mass is 10.1. The summed E-state index contributed by atoms with van der Waals surface area (Å²) >= 11 is 0. The maximum Gasteiger partial charge on any atom is 0.338 e. The fourth-order valence-electron chi connectivity index (χ4n) is 1.18. The molecule has 0 fully saturated rings. The van der Waals surface area contributed by atoms with Crippen LogP contribution in [-0.4, -0.2) is 24.3 Å². The third-order valence-corrected chi connectivity index (χ3v) is 2.13. The van der Waals surface area contributed by atoms with E-state index in [1.165, 1.54) is 0 Å². The molecule has 1 atom stereocenters. The molecule has 0 saturated carbocycles. The van der Waals surface area contributed by atoms with Crippen molar-refractivity contribution in [3.05, 3.63) is 35.9 Å². The number of carbonyl (C=O) groups is 1. The van der Waals surface area contributed by atoms with E-state index in [4.69, 9.17) is 9.84 Å². The van der Waals surface area contributed by atoms with Gasteiger partial charge < -0.3 is 9.84 Å². The van der Waals surface area contributed by atoms with Crippen LogP contribution in [0.25, 0.3) is 0 Å². The van der Waals surface area contributed by atoms with Crippen LogP contribution in [0.4, 0.5) is 0 Å². The summed E-state index contributed by atoms with van der Waals surface area (Å²) in [5.41, 5.74) is 0.564. The van der Waals surface area contributed by atoms with Crippen LogP contribution < -0.4 is 0 Å². The van der Waals surface area contributed by atoms with Gasteiger partial charge in [0.1, 0.15) is 0 Å². The first-order valence-electron chi connectivity index (χ1n) is 5.07. The van der Waals surface area contributed by atoms with E-state index < -0.39 is 0 Å². The van der Waals surface area contributed by atoms with E-state index in [2.05, 4.69) is 0 Å². The molecule has 0 bridgehead atoms. The van der Waals surface area contributed by atoms with Gasteiger partial charge in [0.05, 0.1) is 12.2 Å². The Balaban J connectivity index is 2.37. The second kappa shape index (κ2) is 6.19. The summed E-state index contributed by atoms with van der Waals surface area (Å²) < 4.78 is 5.09. The summed E-state index contributed by atoms with van der Waals surface area (Å²) in [6, 6.07) is 8.89. The van der Waals surface area contributed by atoms with Gasteiger partial charge in [0.2, 0.25) is 0 Å². The van der Waals surface area contributed by atoms with Gasteiger partial charge in [-0.05, 0) is 24.5 Å². The lowest BCUT2D eigenvalue weighted by molar-refractivity contribution is 0.0432. The van der Waals surface area contributed by atoms with E-state index in [1.807, 2.05) is 13.0 Å². The first kappa shape index (κ1) is 11.7. The highest BCUT2D eigenvalue weighted by atomic mass is 16.5. The summed E-state index contributed by atoms with van der Waals surface area (Å²) in [6.07, 6.45) is 0.655. The van der Waals surface area contributed by atoms with E-state index in [1.54, 1.807) is 24.3 Å². The van der Waals surface area contributed by atoms with Crippen LogP contribution >= 0.6 is 0 Å². The standard InChI is InChI=1S/C12H16O3/c1-10(7-8-13)9-15-12(14)11-5-3-2-4-6-11/h2-6,10,13H,7-9H2,1H3. The molecule has 0 aliphatic carbocycles. The molecule has 3 heteroatoms. The average Bonchev–Trinajstić information content (AvgIpc) is 2.27. The predicted molar refractivity (Wildman–Crippen MR) is 57.6 cm³/mol. The molecule has 1 aromatic rings. The van der Waals surface area contributed by atoms with Crippen LogP contribution in [-0.2, 0) is 4.74 Å². The molecule has 0 aromatic heterocycles. The van der Waals surface area contributed by atoms with Gasteiger partial charge in [-0.25, -0.2) is 4.79 Å². The molecule has 1 rings (SSSR count). The molecule has 15 heavy (non-hydrogen) atoms. The Morgan fingerprint density at radius 2 is 2.07 bits per heavy atom. The van der Waals surface area contributed by atoms with Gasteiger partial charge >= 0.3 is 5.97 Å². The third-order valence-electron chi connectivity index (χ3n) is 2.13. The molecule has 0 spiro atoms. The van der Waals surface area contributed by atoms with Crippen LogP contribution in [0.15, 0.2) is 30.3 Å². The summed E-state index contributed by atoms with van der Waals surface area (Å²) in [4.78, 5) is 11.5. The van der Waals surface area contributed by atoms with Crippen LogP contribution in [0.5, 0.6) is 0 Å². The Morgan fingerprint density at radius 1 is 1.40 bits per heavy atom. The number of ether oxygens (including phenoxy) is 1. The van der Waals surface area contributed by atoms with E-state index in [9.17, 15) is 4.79 Å². The number of benzene rings is 1. The number of hydrogen-bond acceptors (Lipinski definition) is 3. The van der Waals surface area contributed by atoms with E-state index in [-0.39, 0.29) is 18.5 Å². The van der Waals surface area contributed by atoms with Crippen molar-refractivity contribution in [2.75, 3.05) is 13.2 Å². The SMILES string of the molecule is CC(CCO)COC(=O)c1ccccc1. The molecule has 0 saturated heterocycles. The molecule has 82 valence electrons. The highest BCUT2D eigenvalue weighted by molar-refractivity contribution is 5.89. The predicted octanol–water partition coefficient (Wildman–Crippen LogP) is 1.86. The molecule has 1 unspecified atom stereocenters. The first-order valence-corrected chi connectivity index (χ1v) is 5.07. The topological polar surface area (TPSA) is 46.5 Å². The number of rotatable bonds is 5.